The van der Waals surface area contributed by atoms with Crippen molar-refractivity contribution >= 4 is 27.8 Å². The molecule has 266 valence electrons. The van der Waals surface area contributed by atoms with Crippen molar-refractivity contribution in [1.29, 1.82) is 0 Å². The monoisotopic (exact) mass is 715 g/mol. The van der Waals surface area contributed by atoms with E-state index < -0.39 is 0 Å². The highest BCUT2D eigenvalue weighted by atomic mass is 15.1. The van der Waals surface area contributed by atoms with E-state index in [1.807, 2.05) is 0 Å². The summed E-state index contributed by atoms with van der Waals surface area (Å²) in [5.41, 5.74) is 18.3. The van der Waals surface area contributed by atoms with Crippen LogP contribution in [0, 0.1) is 0 Å². The van der Waals surface area contributed by atoms with Gasteiger partial charge in [-0.3, -0.25) is 0 Å². The van der Waals surface area contributed by atoms with E-state index >= 15 is 0 Å². The Balaban J connectivity index is 1.20. The number of hydrogen-bond acceptors (Lipinski definition) is 1. The lowest BCUT2D eigenvalue weighted by Crippen LogP contribution is -2.15. The van der Waals surface area contributed by atoms with E-state index in [-0.39, 0.29) is 5.41 Å². The van der Waals surface area contributed by atoms with Gasteiger partial charge in [-0.25, -0.2) is 0 Å². The lowest BCUT2D eigenvalue weighted by molar-refractivity contribution is 0.660. The van der Waals surface area contributed by atoms with Crippen molar-refractivity contribution in [2.75, 3.05) is 4.90 Å². The van der Waals surface area contributed by atoms with E-state index in [1.165, 1.54) is 77.5 Å². The van der Waals surface area contributed by atoms with Crippen molar-refractivity contribution in [3.05, 3.63) is 223 Å². The Kier molecular flexibility index (Phi) is 8.23. The predicted molar refractivity (Wildman–Crippen MR) is 238 cm³/mol. The van der Waals surface area contributed by atoms with Gasteiger partial charge in [-0.15, -0.1) is 0 Å². The zero-order valence-electron chi connectivity index (χ0n) is 31.7. The Morgan fingerprint density at radius 1 is 0.339 bits per heavy atom. The zero-order valence-corrected chi connectivity index (χ0v) is 31.7. The minimum atomic E-state index is -0.133. The molecule has 0 aromatic heterocycles. The molecule has 0 fully saturated rings. The van der Waals surface area contributed by atoms with E-state index in [0.717, 1.165) is 17.1 Å². The molecule has 1 aliphatic carbocycles. The Morgan fingerprint density at radius 2 is 0.893 bits per heavy atom. The van der Waals surface area contributed by atoms with Gasteiger partial charge in [0.2, 0.25) is 0 Å². The molecule has 1 aliphatic rings. The fourth-order valence-electron chi connectivity index (χ4n) is 8.87. The maximum absolute atomic E-state index is 2.46. The molecule has 1 heteroatoms. The van der Waals surface area contributed by atoms with Crippen LogP contribution in [0.3, 0.4) is 0 Å². The van der Waals surface area contributed by atoms with Crippen LogP contribution in [0.5, 0.6) is 0 Å². The van der Waals surface area contributed by atoms with Gasteiger partial charge in [-0.05, 0) is 108 Å². The molecule has 10 rings (SSSR count). The van der Waals surface area contributed by atoms with Crippen LogP contribution >= 0.6 is 0 Å². The molecule has 56 heavy (non-hydrogen) atoms. The molecule has 0 saturated heterocycles. The summed E-state index contributed by atoms with van der Waals surface area (Å²) in [6.07, 6.45) is 0. The van der Waals surface area contributed by atoms with E-state index in [4.69, 9.17) is 0 Å². The standard InChI is InChI=1S/C55H41N/c1-55(2)51-34-33-45(37-50(51)54-48(26-15-27-52(54)55)40-18-8-4-9-19-40)56(44-31-28-42(29-32-44)47-25-14-23-39-22-12-13-24-46(39)47)53-35-30-43(38-16-6-3-7-17-38)36-49(53)41-20-10-5-11-21-41/h3-37H,1-2H3. The lowest BCUT2D eigenvalue weighted by Gasteiger charge is -2.29. The molecular weight excluding hydrogens is 675 g/mol. The molecule has 9 aromatic rings. The highest BCUT2D eigenvalue weighted by Crippen LogP contribution is 2.54. The Labute approximate surface area is 329 Å². The van der Waals surface area contributed by atoms with Gasteiger partial charge in [0.1, 0.15) is 0 Å². The Bertz CT molecular complexity index is 2850. The van der Waals surface area contributed by atoms with Crippen molar-refractivity contribution < 1.29 is 0 Å². The van der Waals surface area contributed by atoms with Crippen LogP contribution in [0.25, 0.3) is 66.4 Å². The quantitative estimate of drug-likeness (QED) is 0.159. The average molecular weight is 716 g/mol. The molecular formula is C55H41N. The summed E-state index contributed by atoms with van der Waals surface area (Å²) < 4.78 is 0. The summed E-state index contributed by atoms with van der Waals surface area (Å²) in [6, 6.07) is 77.6. The van der Waals surface area contributed by atoms with Gasteiger partial charge in [-0.1, -0.05) is 190 Å². The number of rotatable bonds is 7. The molecule has 0 atom stereocenters. The molecule has 0 heterocycles. The van der Waals surface area contributed by atoms with E-state index in [0.29, 0.717) is 0 Å². The summed E-state index contributed by atoms with van der Waals surface area (Å²) >= 11 is 0. The fourth-order valence-corrected chi connectivity index (χ4v) is 8.87. The number of nitrogens with zero attached hydrogens (tertiary/aromatic N) is 1. The summed E-state index contributed by atoms with van der Waals surface area (Å²) in [5, 5.41) is 2.51. The number of benzene rings is 9. The smallest absolute Gasteiger partial charge is 0.0540 e. The first-order valence-electron chi connectivity index (χ1n) is 19.5. The summed E-state index contributed by atoms with van der Waals surface area (Å²) in [5.74, 6) is 0. The van der Waals surface area contributed by atoms with Crippen molar-refractivity contribution in [1.82, 2.24) is 0 Å². The Morgan fingerprint density at radius 3 is 1.62 bits per heavy atom. The summed E-state index contributed by atoms with van der Waals surface area (Å²) in [7, 11) is 0. The van der Waals surface area contributed by atoms with Crippen LogP contribution in [0.4, 0.5) is 17.1 Å². The van der Waals surface area contributed by atoms with Crippen molar-refractivity contribution in [2.24, 2.45) is 0 Å². The van der Waals surface area contributed by atoms with Gasteiger partial charge >= 0.3 is 0 Å². The van der Waals surface area contributed by atoms with Gasteiger partial charge in [0.15, 0.2) is 0 Å². The van der Waals surface area contributed by atoms with Gasteiger partial charge in [-0.2, -0.15) is 0 Å². The SMILES string of the molecule is CC1(C)c2ccc(N(c3ccc(-c4cccc5ccccc45)cc3)c3ccc(-c4ccccc4)cc3-c3ccccc3)cc2-c2c(-c3ccccc3)cccc21. The second-order valence-electron chi connectivity index (χ2n) is 15.3. The molecule has 9 aromatic carbocycles. The summed E-state index contributed by atoms with van der Waals surface area (Å²) in [6.45, 7) is 4.73. The van der Waals surface area contributed by atoms with Crippen LogP contribution in [0.1, 0.15) is 25.0 Å². The van der Waals surface area contributed by atoms with Crippen LogP contribution < -0.4 is 4.90 Å². The first-order chi connectivity index (χ1) is 27.5. The number of hydrogen-bond donors (Lipinski definition) is 0. The lowest BCUT2D eigenvalue weighted by atomic mass is 9.82. The molecule has 0 N–H and O–H groups in total. The summed E-state index contributed by atoms with van der Waals surface area (Å²) in [4.78, 5) is 2.46. The number of anilines is 3. The second kappa shape index (κ2) is 13.7. The van der Waals surface area contributed by atoms with Crippen LogP contribution in [0.15, 0.2) is 212 Å². The van der Waals surface area contributed by atoms with Crippen LogP contribution in [0.2, 0.25) is 0 Å². The topological polar surface area (TPSA) is 3.24 Å². The first kappa shape index (κ1) is 33.6. The first-order valence-corrected chi connectivity index (χ1v) is 19.5. The molecule has 0 unspecified atom stereocenters. The molecule has 0 saturated carbocycles. The second-order valence-corrected chi connectivity index (χ2v) is 15.3. The fraction of sp³-hybridized carbons (Fsp3) is 0.0545. The normalized spacial score (nSPS) is 12.6. The van der Waals surface area contributed by atoms with Crippen molar-refractivity contribution in [3.8, 4) is 55.6 Å². The average Bonchev–Trinajstić information content (AvgIpc) is 3.50. The minimum Gasteiger partial charge on any atom is -0.310 e. The molecule has 0 aliphatic heterocycles. The minimum absolute atomic E-state index is 0.133. The third-order valence-corrected chi connectivity index (χ3v) is 11.7. The maximum Gasteiger partial charge on any atom is 0.0540 e. The van der Waals surface area contributed by atoms with Gasteiger partial charge in [0, 0.05) is 22.4 Å². The van der Waals surface area contributed by atoms with Gasteiger partial charge in [0.25, 0.3) is 0 Å². The molecule has 0 bridgehead atoms. The van der Waals surface area contributed by atoms with Gasteiger partial charge in [0.05, 0.1) is 5.69 Å². The van der Waals surface area contributed by atoms with Gasteiger partial charge < -0.3 is 4.90 Å². The third kappa shape index (κ3) is 5.72. The van der Waals surface area contributed by atoms with Crippen LogP contribution in [-0.4, -0.2) is 0 Å². The van der Waals surface area contributed by atoms with E-state index in [2.05, 4.69) is 231 Å². The van der Waals surface area contributed by atoms with E-state index in [1.54, 1.807) is 0 Å². The van der Waals surface area contributed by atoms with E-state index in [9.17, 15) is 0 Å². The number of fused-ring (bicyclic) bond motifs is 4. The predicted octanol–water partition coefficient (Wildman–Crippen LogP) is 15.3. The third-order valence-electron chi connectivity index (χ3n) is 11.7. The highest BCUT2D eigenvalue weighted by Gasteiger charge is 2.37. The van der Waals surface area contributed by atoms with Crippen LogP contribution in [-0.2, 0) is 5.41 Å². The largest absolute Gasteiger partial charge is 0.310 e. The molecule has 0 spiro atoms. The van der Waals surface area contributed by atoms with Crippen molar-refractivity contribution in [2.45, 2.75) is 19.3 Å². The Hall–Kier alpha value is -6.96. The maximum atomic E-state index is 2.46. The highest BCUT2D eigenvalue weighted by molar-refractivity contribution is 5.99. The van der Waals surface area contributed by atoms with Crippen molar-refractivity contribution in [3.63, 3.8) is 0 Å². The molecule has 1 nitrogen and oxygen atoms in total. The molecule has 0 amide bonds. The molecule has 0 radical (unpaired) electrons. The zero-order chi connectivity index (χ0) is 37.6.